The molecule has 1 atom stereocenters. The van der Waals surface area contributed by atoms with Gasteiger partial charge in [0.15, 0.2) is 0 Å². The molecular weight excluding hydrogens is 532 g/mol. The van der Waals surface area contributed by atoms with E-state index in [4.69, 9.17) is 9.47 Å². The summed E-state index contributed by atoms with van der Waals surface area (Å²) in [5.74, 6) is -1.00. The highest BCUT2D eigenvalue weighted by molar-refractivity contribution is 5.79. The molecule has 0 bridgehead atoms. The van der Waals surface area contributed by atoms with Crippen LogP contribution in [-0.4, -0.2) is 59.5 Å². The molecule has 8 nitrogen and oxygen atoms in total. The van der Waals surface area contributed by atoms with E-state index in [1.54, 1.807) is 25.7 Å². The number of carboxylic acids is 1. The molecule has 222 valence electrons. The van der Waals surface area contributed by atoms with Crippen LogP contribution in [0.3, 0.4) is 0 Å². The van der Waals surface area contributed by atoms with Gasteiger partial charge in [-0.1, -0.05) is 78.9 Å². The number of carbonyl (C=O) groups is 3. The van der Waals surface area contributed by atoms with E-state index >= 15 is 0 Å². The Hall–Kier alpha value is -4.33. The van der Waals surface area contributed by atoms with Crippen LogP contribution in [0.4, 0.5) is 9.59 Å². The van der Waals surface area contributed by atoms with Crippen molar-refractivity contribution in [3.63, 3.8) is 0 Å². The van der Waals surface area contributed by atoms with Crippen LogP contribution >= 0.6 is 0 Å². The Kier molecular flexibility index (Phi) is 10.2. The van der Waals surface area contributed by atoms with Gasteiger partial charge in [0.1, 0.15) is 12.2 Å². The summed E-state index contributed by atoms with van der Waals surface area (Å²) in [6, 6.07) is 25.7. The lowest BCUT2D eigenvalue weighted by Gasteiger charge is -2.27. The summed E-state index contributed by atoms with van der Waals surface area (Å²) in [6.07, 6.45) is 0.193. The van der Waals surface area contributed by atoms with Crippen molar-refractivity contribution in [2.45, 2.75) is 64.0 Å². The first-order valence-corrected chi connectivity index (χ1v) is 14.5. The number of alkyl carbamates (subject to hydrolysis) is 1. The molecule has 2 amide bonds. The molecule has 0 heterocycles. The number of ether oxygens (including phenoxy) is 2. The number of amides is 2. The predicted octanol–water partition coefficient (Wildman–Crippen LogP) is 6.63. The monoisotopic (exact) mass is 572 g/mol. The molecule has 1 aliphatic carbocycles. The van der Waals surface area contributed by atoms with E-state index in [1.807, 2.05) is 54.6 Å². The van der Waals surface area contributed by atoms with Gasteiger partial charge in [0.25, 0.3) is 0 Å². The van der Waals surface area contributed by atoms with Crippen LogP contribution in [0.1, 0.15) is 62.6 Å². The number of fused-ring (bicyclic) bond motifs is 3. The first-order valence-electron chi connectivity index (χ1n) is 14.5. The molecule has 0 saturated carbocycles. The molecule has 2 N–H and O–H groups in total. The van der Waals surface area contributed by atoms with Crippen molar-refractivity contribution in [3.05, 3.63) is 95.6 Å². The minimum absolute atomic E-state index is 0.0588. The van der Waals surface area contributed by atoms with E-state index in [0.717, 1.165) is 27.8 Å². The molecule has 0 saturated heterocycles. The number of hydrogen-bond donors (Lipinski definition) is 2. The number of aliphatic carboxylic acids is 1. The molecule has 1 aliphatic rings. The normalized spacial score (nSPS) is 13.0. The lowest BCUT2D eigenvalue weighted by Crippen LogP contribution is -2.43. The Morgan fingerprint density at radius 1 is 0.881 bits per heavy atom. The molecule has 3 aromatic rings. The summed E-state index contributed by atoms with van der Waals surface area (Å²) < 4.78 is 11.4. The van der Waals surface area contributed by atoms with Crippen LogP contribution in [0.5, 0.6) is 0 Å². The fraction of sp³-hybridized carbons (Fsp3) is 0.382. The molecule has 0 aromatic heterocycles. The minimum atomic E-state index is -0.920. The number of rotatable bonds is 12. The topological polar surface area (TPSA) is 105 Å². The maximum absolute atomic E-state index is 13.4. The van der Waals surface area contributed by atoms with Crippen LogP contribution < -0.4 is 5.32 Å². The summed E-state index contributed by atoms with van der Waals surface area (Å²) in [6.45, 7) is 6.10. The first kappa shape index (κ1) is 30.6. The third-order valence-corrected chi connectivity index (χ3v) is 7.21. The van der Waals surface area contributed by atoms with Gasteiger partial charge in [-0.3, -0.25) is 4.79 Å². The summed E-state index contributed by atoms with van der Waals surface area (Å²) in [4.78, 5) is 38.8. The Labute approximate surface area is 247 Å². The summed E-state index contributed by atoms with van der Waals surface area (Å²) in [7, 11) is 0. The summed E-state index contributed by atoms with van der Waals surface area (Å²) >= 11 is 0. The highest BCUT2D eigenvalue weighted by atomic mass is 16.6. The average Bonchev–Trinajstić information content (AvgIpc) is 3.26. The zero-order valence-electron chi connectivity index (χ0n) is 24.5. The van der Waals surface area contributed by atoms with Crippen LogP contribution in [-0.2, 0) is 20.7 Å². The van der Waals surface area contributed by atoms with Crippen molar-refractivity contribution in [1.82, 2.24) is 10.2 Å². The van der Waals surface area contributed by atoms with Gasteiger partial charge in [-0.15, -0.1) is 0 Å². The van der Waals surface area contributed by atoms with Crippen molar-refractivity contribution in [1.29, 1.82) is 0 Å². The van der Waals surface area contributed by atoms with Crippen molar-refractivity contribution < 1.29 is 29.0 Å². The third-order valence-electron chi connectivity index (χ3n) is 7.21. The van der Waals surface area contributed by atoms with E-state index in [0.29, 0.717) is 19.3 Å². The number of benzene rings is 3. The molecule has 42 heavy (non-hydrogen) atoms. The standard InChI is InChI=1S/C34H40N2O6/c1-34(2,3)42-32(39)35-25(22-24-12-5-4-6-13-24)19-21-36(20-11-18-31(37)38)33(40)41-23-30-28-16-9-7-14-26(28)27-15-8-10-17-29(27)30/h4-10,12-17,25,30H,11,18-23H2,1-3H3,(H,35,39)(H,37,38). The van der Waals surface area contributed by atoms with Gasteiger partial charge in [0.05, 0.1) is 0 Å². The molecule has 0 radical (unpaired) electrons. The van der Waals surface area contributed by atoms with Crippen LogP contribution in [0.25, 0.3) is 11.1 Å². The Bertz CT molecular complexity index is 1320. The molecule has 3 aromatic carbocycles. The molecule has 8 heteroatoms. The minimum Gasteiger partial charge on any atom is -0.481 e. The number of carbonyl (C=O) groups excluding carboxylic acids is 2. The molecular formula is C34H40N2O6. The van der Waals surface area contributed by atoms with Gasteiger partial charge in [0, 0.05) is 31.5 Å². The van der Waals surface area contributed by atoms with Crippen LogP contribution in [0.2, 0.25) is 0 Å². The summed E-state index contributed by atoms with van der Waals surface area (Å²) in [5.41, 5.74) is 4.92. The zero-order valence-corrected chi connectivity index (χ0v) is 24.5. The fourth-order valence-corrected chi connectivity index (χ4v) is 5.31. The lowest BCUT2D eigenvalue weighted by atomic mass is 9.98. The average molecular weight is 573 g/mol. The highest BCUT2D eigenvalue weighted by Gasteiger charge is 2.30. The third kappa shape index (κ3) is 8.59. The van der Waals surface area contributed by atoms with E-state index in [9.17, 15) is 19.5 Å². The van der Waals surface area contributed by atoms with Gasteiger partial charge in [-0.25, -0.2) is 9.59 Å². The van der Waals surface area contributed by atoms with Crippen molar-refractivity contribution >= 4 is 18.2 Å². The number of hydrogen-bond acceptors (Lipinski definition) is 5. The van der Waals surface area contributed by atoms with Crippen molar-refractivity contribution in [2.24, 2.45) is 0 Å². The maximum atomic E-state index is 13.4. The van der Waals surface area contributed by atoms with E-state index < -0.39 is 23.8 Å². The number of nitrogens with zero attached hydrogens (tertiary/aromatic N) is 1. The van der Waals surface area contributed by atoms with Gasteiger partial charge >= 0.3 is 18.2 Å². The van der Waals surface area contributed by atoms with E-state index in [1.165, 1.54) is 0 Å². The quantitative estimate of drug-likeness (QED) is 0.252. The number of nitrogens with one attached hydrogen (secondary N) is 1. The van der Waals surface area contributed by atoms with Gasteiger partial charge in [0.2, 0.25) is 0 Å². The second kappa shape index (κ2) is 14.0. The lowest BCUT2D eigenvalue weighted by molar-refractivity contribution is -0.137. The predicted molar refractivity (Wildman–Crippen MR) is 161 cm³/mol. The fourth-order valence-electron chi connectivity index (χ4n) is 5.31. The Morgan fingerprint density at radius 3 is 2.07 bits per heavy atom. The molecule has 0 fully saturated rings. The smallest absolute Gasteiger partial charge is 0.409 e. The van der Waals surface area contributed by atoms with Gasteiger partial charge in [-0.05, 0) is 67.9 Å². The van der Waals surface area contributed by atoms with Gasteiger partial charge < -0.3 is 24.8 Å². The van der Waals surface area contributed by atoms with Crippen molar-refractivity contribution in [3.8, 4) is 11.1 Å². The maximum Gasteiger partial charge on any atom is 0.409 e. The Balaban J connectivity index is 1.45. The molecule has 1 unspecified atom stereocenters. The largest absolute Gasteiger partial charge is 0.481 e. The molecule has 0 aliphatic heterocycles. The first-order chi connectivity index (χ1) is 20.1. The molecule has 4 rings (SSSR count). The highest BCUT2D eigenvalue weighted by Crippen LogP contribution is 2.44. The van der Waals surface area contributed by atoms with E-state index in [-0.39, 0.29) is 38.1 Å². The second-order valence-electron chi connectivity index (χ2n) is 11.6. The SMILES string of the molecule is CC(C)(C)OC(=O)NC(CCN(CCCC(=O)O)C(=O)OCC1c2ccccc2-c2ccccc21)Cc1ccccc1. The van der Waals surface area contributed by atoms with E-state index in [2.05, 4.69) is 29.6 Å². The van der Waals surface area contributed by atoms with Crippen molar-refractivity contribution in [2.75, 3.05) is 19.7 Å². The zero-order chi connectivity index (χ0) is 30.1. The number of carboxylic acid groups (broad SMARTS) is 1. The molecule has 0 spiro atoms. The van der Waals surface area contributed by atoms with Gasteiger partial charge in [-0.2, -0.15) is 0 Å². The summed E-state index contributed by atoms with van der Waals surface area (Å²) in [5, 5.41) is 12.1. The second-order valence-corrected chi connectivity index (χ2v) is 11.6. The van der Waals surface area contributed by atoms with Crippen LogP contribution in [0.15, 0.2) is 78.9 Å². The Morgan fingerprint density at radius 2 is 1.48 bits per heavy atom. The van der Waals surface area contributed by atoms with Crippen LogP contribution in [0, 0.1) is 0 Å².